The number of phenols is 3. The molecule has 2 aromatic rings. The highest BCUT2D eigenvalue weighted by molar-refractivity contribution is 5.90. The van der Waals surface area contributed by atoms with E-state index in [1.165, 1.54) is 0 Å². The lowest BCUT2D eigenvalue weighted by atomic mass is 10.0. The molecule has 1 aliphatic heterocycles. The summed E-state index contributed by atoms with van der Waals surface area (Å²) in [5.41, 5.74) is 1.13. The SMILES string of the molecule is Oc1c(O)c2c(c(-c3ccccc3)c1O)O2. The van der Waals surface area contributed by atoms with Crippen LogP contribution in [0.1, 0.15) is 0 Å². The van der Waals surface area contributed by atoms with Crippen LogP contribution in [0.15, 0.2) is 30.3 Å². The summed E-state index contributed by atoms with van der Waals surface area (Å²) in [6, 6.07) is 9.04. The van der Waals surface area contributed by atoms with Gasteiger partial charge < -0.3 is 20.1 Å². The Labute approximate surface area is 91.0 Å². The van der Waals surface area contributed by atoms with Gasteiger partial charge in [-0.1, -0.05) is 30.3 Å². The molecule has 3 N–H and O–H groups in total. The maximum absolute atomic E-state index is 9.76. The van der Waals surface area contributed by atoms with Gasteiger partial charge in [-0.15, -0.1) is 0 Å². The molecule has 0 aromatic heterocycles. The highest BCUT2D eigenvalue weighted by atomic mass is 16.6. The van der Waals surface area contributed by atoms with Crippen molar-refractivity contribution in [1.29, 1.82) is 0 Å². The molecule has 16 heavy (non-hydrogen) atoms. The summed E-state index contributed by atoms with van der Waals surface area (Å²) in [4.78, 5) is 0. The topological polar surface area (TPSA) is 73.2 Å². The monoisotopic (exact) mass is 216 g/mol. The maximum atomic E-state index is 9.76. The van der Waals surface area contributed by atoms with Gasteiger partial charge in [-0.05, 0) is 5.56 Å². The molecule has 0 saturated carbocycles. The summed E-state index contributed by atoms with van der Waals surface area (Å²) in [6.45, 7) is 0. The number of fused-ring (bicyclic) bond motifs is 1. The van der Waals surface area contributed by atoms with Gasteiger partial charge in [0.2, 0.25) is 17.2 Å². The van der Waals surface area contributed by atoms with Crippen LogP contribution < -0.4 is 4.74 Å². The number of phenolic OH excluding ortho intramolecular Hbond substituents is 3. The molecule has 0 bridgehead atoms. The van der Waals surface area contributed by atoms with E-state index in [0.29, 0.717) is 11.3 Å². The predicted molar refractivity (Wildman–Crippen MR) is 56.9 cm³/mol. The maximum Gasteiger partial charge on any atom is 0.216 e. The molecule has 1 heterocycles. The summed E-state index contributed by atoms with van der Waals surface area (Å²) in [5, 5.41) is 28.6. The normalized spacial score (nSPS) is 11.8. The van der Waals surface area contributed by atoms with Crippen molar-refractivity contribution >= 4 is 0 Å². The molecular formula is C12H8O4. The zero-order valence-electron chi connectivity index (χ0n) is 8.14. The van der Waals surface area contributed by atoms with Crippen LogP contribution in [0.4, 0.5) is 0 Å². The highest BCUT2D eigenvalue weighted by Crippen LogP contribution is 2.65. The lowest BCUT2D eigenvalue weighted by Crippen LogP contribution is -1.76. The first-order valence-electron chi connectivity index (χ1n) is 4.74. The Morgan fingerprint density at radius 3 is 2.12 bits per heavy atom. The van der Waals surface area contributed by atoms with Crippen molar-refractivity contribution in [2.45, 2.75) is 0 Å². The number of hydrogen-bond acceptors (Lipinski definition) is 4. The molecule has 0 spiro atoms. The van der Waals surface area contributed by atoms with E-state index in [1.807, 2.05) is 18.2 Å². The van der Waals surface area contributed by atoms with Crippen LogP contribution in [-0.4, -0.2) is 15.3 Å². The van der Waals surface area contributed by atoms with Gasteiger partial charge >= 0.3 is 0 Å². The number of ether oxygens (including phenoxy) is 1. The minimum atomic E-state index is -0.546. The number of benzene rings is 2. The van der Waals surface area contributed by atoms with Crippen LogP contribution in [0.25, 0.3) is 11.1 Å². The zero-order chi connectivity index (χ0) is 11.3. The zero-order valence-corrected chi connectivity index (χ0v) is 8.14. The number of rotatable bonds is 1. The van der Waals surface area contributed by atoms with Gasteiger partial charge in [-0.25, -0.2) is 0 Å². The second-order valence-electron chi connectivity index (χ2n) is 3.55. The lowest BCUT2D eigenvalue weighted by Gasteiger charge is -2.03. The molecule has 0 saturated heterocycles. The molecule has 1 aliphatic rings. The Morgan fingerprint density at radius 1 is 0.750 bits per heavy atom. The molecule has 4 nitrogen and oxygen atoms in total. The average molecular weight is 216 g/mol. The van der Waals surface area contributed by atoms with E-state index in [2.05, 4.69) is 0 Å². The summed E-state index contributed by atoms with van der Waals surface area (Å²) < 4.78 is 5.05. The molecule has 0 fully saturated rings. The Kier molecular flexibility index (Phi) is 1.57. The smallest absolute Gasteiger partial charge is 0.216 e. The fourth-order valence-electron chi connectivity index (χ4n) is 1.72. The molecule has 4 heteroatoms. The third-order valence-electron chi connectivity index (χ3n) is 2.56. The minimum absolute atomic E-state index is 0.231. The van der Waals surface area contributed by atoms with E-state index in [1.54, 1.807) is 12.1 Å². The highest BCUT2D eigenvalue weighted by Gasteiger charge is 2.36. The Bertz CT molecular complexity index is 576. The molecular weight excluding hydrogens is 208 g/mol. The molecule has 3 rings (SSSR count). The minimum Gasteiger partial charge on any atom is -0.504 e. The van der Waals surface area contributed by atoms with Gasteiger partial charge in [0.1, 0.15) is 0 Å². The van der Waals surface area contributed by atoms with E-state index in [0.717, 1.165) is 5.56 Å². The largest absolute Gasteiger partial charge is 0.504 e. The van der Waals surface area contributed by atoms with Gasteiger partial charge in [-0.3, -0.25) is 0 Å². The fourth-order valence-corrected chi connectivity index (χ4v) is 1.72. The first-order valence-corrected chi connectivity index (χ1v) is 4.74. The number of hydrogen-bond donors (Lipinski definition) is 3. The second kappa shape index (κ2) is 2.82. The van der Waals surface area contributed by atoms with Crippen molar-refractivity contribution in [3.05, 3.63) is 30.3 Å². The summed E-state index contributed by atoms with van der Waals surface area (Å²) in [6.07, 6.45) is 0. The van der Waals surface area contributed by atoms with Gasteiger partial charge in [0.25, 0.3) is 0 Å². The van der Waals surface area contributed by atoms with E-state index in [-0.39, 0.29) is 11.5 Å². The Hall–Kier alpha value is -2.36. The van der Waals surface area contributed by atoms with Gasteiger partial charge in [-0.2, -0.15) is 0 Å². The van der Waals surface area contributed by atoms with Crippen molar-refractivity contribution in [3.8, 4) is 39.9 Å². The first-order chi connectivity index (χ1) is 7.70. The third kappa shape index (κ3) is 1.04. The summed E-state index contributed by atoms with van der Waals surface area (Å²) in [5.74, 6) is -0.671. The second-order valence-corrected chi connectivity index (χ2v) is 3.55. The van der Waals surface area contributed by atoms with Crippen molar-refractivity contribution < 1.29 is 20.1 Å². The third-order valence-corrected chi connectivity index (χ3v) is 2.56. The van der Waals surface area contributed by atoms with Crippen LogP contribution >= 0.6 is 0 Å². The quantitative estimate of drug-likeness (QED) is 0.431. The first kappa shape index (κ1) is 8.91. The molecule has 0 unspecified atom stereocenters. The van der Waals surface area contributed by atoms with E-state index >= 15 is 0 Å². The average Bonchev–Trinajstić information content (AvgIpc) is 3.08. The molecule has 0 radical (unpaired) electrons. The van der Waals surface area contributed by atoms with E-state index in [9.17, 15) is 15.3 Å². The van der Waals surface area contributed by atoms with E-state index < -0.39 is 11.5 Å². The Morgan fingerprint density at radius 2 is 1.44 bits per heavy atom. The molecule has 0 amide bonds. The fraction of sp³-hybridized carbons (Fsp3) is 0. The molecule has 80 valence electrons. The predicted octanol–water partition coefficient (Wildman–Crippen LogP) is 2.58. The van der Waals surface area contributed by atoms with Gasteiger partial charge in [0, 0.05) is 0 Å². The van der Waals surface area contributed by atoms with Crippen LogP contribution in [0.3, 0.4) is 0 Å². The van der Waals surface area contributed by atoms with Crippen LogP contribution in [-0.2, 0) is 0 Å². The molecule has 0 atom stereocenters. The summed E-state index contributed by atoms with van der Waals surface area (Å²) >= 11 is 0. The number of aromatic hydroxyl groups is 3. The van der Waals surface area contributed by atoms with Crippen LogP contribution in [0.5, 0.6) is 28.7 Å². The summed E-state index contributed by atoms with van der Waals surface area (Å²) in [7, 11) is 0. The van der Waals surface area contributed by atoms with Crippen LogP contribution in [0.2, 0.25) is 0 Å². The van der Waals surface area contributed by atoms with Gasteiger partial charge in [0.05, 0.1) is 5.56 Å². The van der Waals surface area contributed by atoms with Crippen molar-refractivity contribution in [3.63, 3.8) is 0 Å². The van der Waals surface area contributed by atoms with Crippen molar-refractivity contribution in [2.24, 2.45) is 0 Å². The standard InChI is InChI=1S/C12H8O4/c13-8-7(6-4-2-1-3-5-6)11-12(16-11)10(15)9(8)14/h1-5,13-15H. The van der Waals surface area contributed by atoms with Crippen molar-refractivity contribution in [2.75, 3.05) is 0 Å². The molecule has 0 aliphatic carbocycles. The molecule has 2 aromatic carbocycles. The Balaban J connectivity index is 2.29. The van der Waals surface area contributed by atoms with Crippen LogP contribution in [0, 0.1) is 0 Å². The van der Waals surface area contributed by atoms with Gasteiger partial charge in [0.15, 0.2) is 11.5 Å². The van der Waals surface area contributed by atoms with Crippen molar-refractivity contribution in [1.82, 2.24) is 0 Å². The lowest BCUT2D eigenvalue weighted by molar-refractivity contribution is 0.369. The van der Waals surface area contributed by atoms with E-state index in [4.69, 9.17) is 4.74 Å².